The maximum absolute atomic E-state index is 11.9. The van der Waals surface area contributed by atoms with Crippen LogP contribution in [0.3, 0.4) is 0 Å². The zero-order chi connectivity index (χ0) is 37.9. The van der Waals surface area contributed by atoms with E-state index in [1.54, 1.807) is 30.4 Å². The second-order valence-corrected chi connectivity index (χ2v) is 16.6. The maximum atomic E-state index is 11.9. The number of hydrogen-bond donors (Lipinski definition) is 7. The van der Waals surface area contributed by atoms with Gasteiger partial charge in [-0.1, -0.05) is 66.8 Å². The van der Waals surface area contributed by atoms with Crippen molar-refractivity contribution in [2.45, 2.75) is 64.0 Å². The molecule has 284 valence electrons. The Morgan fingerprint density at radius 2 is 1.60 bits per heavy atom. The quantitative estimate of drug-likeness (QED) is 0.0500. The van der Waals surface area contributed by atoms with Gasteiger partial charge in [0.15, 0.2) is 23.0 Å². The summed E-state index contributed by atoms with van der Waals surface area (Å²) in [6.45, 7) is 1.90. The van der Waals surface area contributed by atoms with Crippen molar-refractivity contribution in [1.82, 2.24) is 5.32 Å². The van der Waals surface area contributed by atoms with Gasteiger partial charge in [0.1, 0.15) is 12.4 Å². The minimum Gasteiger partial charge on any atom is -0.507 e. The summed E-state index contributed by atoms with van der Waals surface area (Å²) in [5.74, 6) is 0.595. The molecule has 4 aromatic carbocycles. The molecular weight excluding hydrogens is 691 g/mol. The Balaban J connectivity index is 0.939. The molecule has 7 atom stereocenters. The predicted molar refractivity (Wildman–Crippen MR) is 216 cm³/mol. The highest BCUT2D eigenvalue weighted by molar-refractivity contribution is 6.34. The Morgan fingerprint density at radius 1 is 0.782 bits per heavy atom. The van der Waals surface area contributed by atoms with Gasteiger partial charge in [-0.25, -0.2) is 0 Å². The van der Waals surface area contributed by atoms with Gasteiger partial charge >= 0.3 is 0 Å². The predicted octanol–water partition coefficient (Wildman–Crippen LogP) is 7.65. The van der Waals surface area contributed by atoms with Crippen LogP contribution in [0.5, 0.6) is 28.7 Å². The van der Waals surface area contributed by atoms with Crippen LogP contribution >= 0.6 is 0 Å². The summed E-state index contributed by atoms with van der Waals surface area (Å²) >= 11 is 0. The van der Waals surface area contributed by atoms with E-state index < -0.39 is 0 Å². The number of benzene rings is 4. The largest absolute Gasteiger partial charge is 0.507 e. The highest BCUT2D eigenvalue weighted by Crippen LogP contribution is 2.71. The van der Waals surface area contributed by atoms with Crippen molar-refractivity contribution in [2.24, 2.45) is 44.5 Å². The number of aliphatic hydroxyl groups excluding tert-OH is 1. The molecule has 1 aliphatic heterocycles. The van der Waals surface area contributed by atoms with Crippen LogP contribution in [0.25, 0.3) is 22.9 Å². The van der Waals surface area contributed by atoms with Crippen molar-refractivity contribution in [3.8, 4) is 28.7 Å². The Labute approximate surface area is 321 Å². The third kappa shape index (κ3) is 5.90. The minimum atomic E-state index is -0.367. The Kier molecular flexibility index (Phi) is 8.97. The number of aliphatic hydroxyl groups is 1. The number of fused-ring (bicyclic) bond motifs is 2. The zero-order valence-electron chi connectivity index (χ0n) is 30.9. The second kappa shape index (κ2) is 13.9. The van der Waals surface area contributed by atoms with Crippen molar-refractivity contribution < 1.29 is 30.6 Å². The molecule has 9 nitrogen and oxygen atoms in total. The van der Waals surface area contributed by atoms with Gasteiger partial charge in [-0.05, 0) is 120 Å². The first-order valence-electron chi connectivity index (χ1n) is 19.8. The normalized spacial score (nSPS) is 29.3. The van der Waals surface area contributed by atoms with Gasteiger partial charge in [0.2, 0.25) is 0 Å². The van der Waals surface area contributed by atoms with E-state index in [1.165, 1.54) is 37.5 Å². The van der Waals surface area contributed by atoms with E-state index in [1.807, 2.05) is 6.21 Å². The van der Waals surface area contributed by atoms with Crippen LogP contribution in [0, 0.1) is 34.5 Å². The molecule has 7 N–H and O–H groups in total. The first-order valence-corrected chi connectivity index (χ1v) is 19.8. The summed E-state index contributed by atoms with van der Waals surface area (Å²) in [5, 5.41) is 69.1. The van der Waals surface area contributed by atoms with E-state index >= 15 is 0 Å². The number of phenols is 5. The molecule has 1 heterocycles. The Hall–Kier alpha value is -5.12. The number of aromatic hydroxyl groups is 5. The topological polar surface area (TPSA) is 158 Å². The summed E-state index contributed by atoms with van der Waals surface area (Å²) in [7, 11) is 0. The van der Waals surface area contributed by atoms with Crippen LogP contribution in [0.4, 0.5) is 0 Å². The Morgan fingerprint density at radius 3 is 2.40 bits per heavy atom. The highest BCUT2D eigenvalue weighted by atomic mass is 16.3. The maximum Gasteiger partial charge on any atom is 0.169 e. The van der Waals surface area contributed by atoms with Crippen molar-refractivity contribution >= 4 is 34.9 Å². The first-order chi connectivity index (χ1) is 26.7. The molecule has 1 spiro atoms. The molecule has 55 heavy (non-hydrogen) atoms. The van der Waals surface area contributed by atoms with Gasteiger partial charge < -0.3 is 36.0 Å². The van der Waals surface area contributed by atoms with E-state index in [9.17, 15) is 30.6 Å². The molecule has 3 saturated carbocycles. The molecule has 4 aliphatic carbocycles. The number of aryl methyl sites for hydroxylation is 1. The fraction of sp³-hybridized carbons (Fsp3) is 0.391. The van der Waals surface area contributed by atoms with Crippen LogP contribution in [0.2, 0.25) is 0 Å². The SMILES string of the molecule is Oc1ccc(/C=C/c2c(CCc3ccc(CNC[C@]4(C5=NCN=C5)C[C@H]5C=C[C@H]6CC[C@H]7CC[C@@H](O)[C@H]4[C@]76C5)cc3)c(O)c(O)c3c(O)cccc23)cc1O. The summed E-state index contributed by atoms with van der Waals surface area (Å²) < 4.78 is 0. The fourth-order valence-electron chi connectivity index (χ4n) is 11.6. The lowest BCUT2D eigenvalue weighted by molar-refractivity contribution is -0.150. The molecule has 3 fully saturated rings. The summed E-state index contributed by atoms with van der Waals surface area (Å²) in [6, 6.07) is 17.9. The van der Waals surface area contributed by atoms with Gasteiger partial charge in [-0.2, -0.15) is 0 Å². The molecule has 0 saturated heterocycles. The summed E-state index contributed by atoms with van der Waals surface area (Å²) in [5.41, 5.74) is 4.96. The lowest BCUT2D eigenvalue weighted by atomic mass is 9.40. The van der Waals surface area contributed by atoms with Crippen molar-refractivity contribution in [3.05, 3.63) is 101 Å². The van der Waals surface area contributed by atoms with E-state index in [-0.39, 0.29) is 57.0 Å². The monoisotopic (exact) mass is 739 g/mol. The fourth-order valence-corrected chi connectivity index (χ4v) is 11.6. The number of nitrogens with zero attached hydrogens (tertiary/aromatic N) is 2. The first kappa shape index (κ1) is 35.6. The number of hydrogen-bond acceptors (Lipinski definition) is 9. The number of rotatable bonds is 10. The average Bonchev–Trinajstić information content (AvgIpc) is 3.86. The van der Waals surface area contributed by atoms with Crippen molar-refractivity contribution in [2.75, 3.05) is 13.2 Å². The van der Waals surface area contributed by atoms with Gasteiger partial charge in [0.05, 0.1) is 17.2 Å². The second-order valence-electron chi connectivity index (χ2n) is 16.6. The Bertz CT molecular complexity index is 2260. The van der Waals surface area contributed by atoms with Crippen LogP contribution in [-0.2, 0) is 19.4 Å². The third-order valence-corrected chi connectivity index (χ3v) is 13.9. The summed E-state index contributed by atoms with van der Waals surface area (Å²) in [6.07, 6.45) is 17.8. The zero-order valence-corrected chi connectivity index (χ0v) is 30.9. The van der Waals surface area contributed by atoms with Crippen molar-refractivity contribution in [1.29, 1.82) is 0 Å². The van der Waals surface area contributed by atoms with E-state index in [0.29, 0.717) is 65.9 Å². The van der Waals surface area contributed by atoms with Gasteiger partial charge in [-0.3, -0.25) is 9.98 Å². The average molecular weight is 740 g/mol. The molecule has 0 radical (unpaired) electrons. The smallest absolute Gasteiger partial charge is 0.169 e. The molecule has 5 aliphatic rings. The van der Waals surface area contributed by atoms with Crippen LogP contribution in [-0.4, -0.2) is 61.9 Å². The lowest BCUT2D eigenvalue weighted by Crippen LogP contribution is -2.65. The van der Waals surface area contributed by atoms with Gasteiger partial charge in [0.25, 0.3) is 0 Å². The number of phenolic OH excluding ortho intramolecular Hbond substituents is 5. The van der Waals surface area contributed by atoms with E-state index in [0.717, 1.165) is 42.6 Å². The molecular formula is C46H49N3O6. The highest BCUT2D eigenvalue weighted by Gasteiger charge is 2.68. The van der Waals surface area contributed by atoms with Crippen LogP contribution < -0.4 is 5.32 Å². The van der Waals surface area contributed by atoms with Crippen LogP contribution in [0.1, 0.15) is 66.3 Å². The van der Waals surface area contributed by atoms with Crippen molar-refractivity contribution in [3.63, 3.8) is 0 Å². The van der Waals surface area contributed by atoms with E-state index in [4.69, 9.17) is 4.99 Å². The lowest BCUT2D eigenvalue weighted by Gasteiger charge is -2.64. The number of aliphatic imine (C=N–C) groups is 2. The molecule has 0 unspecified atom stereocenters. The molecule has 0 aromatic heterocycles. The number of allylic oxidation sites excluding steroid dienone is 2. The van der Waals surface area contributed by atoms with Crippen LogP contribution in [0.15, 0.2) is 82.8 Å². The molecule has 0 amide bonds. The van der Waals surface area contributed by atoms with E-state index in [2.05, 4.69) is 46.7 Å². The molecule has 9 rings (SSSR count). The van der Waals surface area contributed by atoms with Gasteiger partial charge in [0, 0.05) is 36.2 Å². The minimum absolute atomic E-state index is 0.137. The molecule has 9 heteroatoms. The third-order valence-electron chi connectivity index (χ3n) is 13.9. The van der Waals surface area contributed by atoms with Gasteiger partial charge in [-0.15, -0.1) is 0 Å². The summed E-state index contributed by atoms with van der Waals surface area (Å²) in [4.78, 5) is 9.51. The molecule has 4 aromatic rings. The molecule has 2 bridgehead atoms. The number of nitrogens with one attached hydrogen (secondary N) is 1. The standard InChI is InChI=1S/C46H49N3O6/c50-36-18-11-28(20-39(36)53)10-16-33-34-2-1-3-37(51)41(34)43(55)42(54)35(33)17-9-27-4-6-29(7-5-27)23-47-25-45(40-24-48-26-49-40)21-30-8-12-31-13-14-32-15-19-38(52)44(45)46(31,32)22-30/h1-8,10-12,16,18,20,24,30-32,38,44,47,50-55H,9,13-15,17,19,21-23,25-26H2/b16-10+/t30-,31+,32+,38-,44-,45+,46+/m1/s1.